The smallest absolute Gasteiger partial charge is 0.872 e. The zero-order chi connectivity index (χ0) is 94.5. The van der Waals surface area contributed by atoms with E-state index in [-0.39, 0.29) is 82.4 Å². The molecule has 12 heterocycles. The number of benzene rings is 5. The Kier molecular flexibility index (Phi) is 57.4. The second kappa shape index (κ2) is 62.1. The Labute approximate surface area is 817 Å². The summed E-state index contributed by atoms with van der Waals surface area (Å²) < 4.78 is 59.3. The third-order valence-corrected chi connectivity index (χ3v) is 24.0. The summed E-state index contributed by atoms with van der Waals surface area (Å²) >= 11 is 0. The van der Waals surface area contributed by atoms with Crippen LogP contribution in [-0.4, -0.2) is 169 Å². The van der Waals surface area contributed by atoms with Crippen LogP contribution < -0.4 is 47.9 Å². The van der Waals surface area contributed by atoms with E-state index < -0.39 is 33.5 Å². The van der Waals surface area contributed by atoms with Crippen LogP contribution in [0.3, 0.4) is 0 Å². The topological polar surface area (TPSA) is 197 Å². The number of ether oxygens (including phenoxy) is 12. The Morgan fingerprint density at radius 1 is 0.200 bits per heavy atom. The first kappa shape index (κ1) is 120. The minimum absolute atomic E-state index is 0. The number of phenols is 2. The van der Waals surface area contributed by atoms with E-state index in [0.29, 0.717) is 22.3 Å². The minimum Gasteiger partial charge on any atom is -0.872 e. The summed E-state index contributed by atoms with van der Waals surface area (Å²) in [4.78, 5) is 0. The monoisotopic (exact) mass is 1800 g/mol. The quantitative estimate of drug-likeness (QED) is 0.120. The van der Waals surface area contributed by atoms with Crippen molar-refractivity contribution in [2.75, 3.05) is 159 Å². The second-order valence-electron chi connectivity index (χ2n) is 44.2. The van der Waals surface area contributed by atoms with Crippen molar-refractivity contribution in [3.63, 3.8) is 0 Å². The van der Waals surface area contributed by atoms with E-state index in [1.165, 1.54) is 154 Å². The maximum absolute atomic E-state index is 15.3. The summed E-state index contributed by atoms with van der Waals surface area (Å²) in [5.74, 6) is -0.952. The first-order chi connectivity index (χ1) is 60.5. The summed E-state index contributed by atoms with van der Waals surface area (Å²) in [7, 11) is 0. The van der Waals surface area contributed by atoms with Gasteiger partial charge < -0.3 is 77.3 Å². The van der Waals surface area contributed by atoms with E-state index in [1.54, 1.807) is 0 Å². The molecule has 0 bridgehead atoms. The van der Waals surface area contributed by atoms with E-state index in [2.05, 4.69) is 239 Å². The molecule has 5 aromatic carbocycles. The van der Waals surface area contributed by atoms with Gasteiger partial charge in [0.1, 0.15) is 11.5 Å². The number of rotatable bonds is 6. The van der Waals surface area contributed by atoms with Crippen LogP contribution in [0.5, 0.6) is 23.0 Å². The van der Waals surface area contributed by atoms with Gasteiger partial charge in [0.15, 0.2) is 0 Å². The normalized spacial score (nSPS) is 18.7. The van der Waals surface area contributed by atoms with Crippen LogP contribution in [0.4, 0.5) is 0 Å². The molecule has 0 aromatic heterocycles. The van der Waals surface area contributed by atoms with Crippen molar-refractivity contribution < 1.29 is 115 Å². The average Bonchev–Trinajstić information content (AvgIpc) is 1.15. The van der Waals surface area contributed by atoms with Crippen molar-refractivity contribution in [2.24, 2.45) is 0 Å². The summed E-state index contributed by atoms with van der Waals surface area (Å²) in [6.07, 6.45) is 30.7. The first-order valence-corrected chi connectivity index (χ1v) is 50.0. The van der Waals surface area contributed by atoms with Gasteiger partial charge in [0.2, 0.25) is 0 Å². The van der Waals surface area contributed by atoms with Crippen molar-refractivity contribution in [2.45, 2.75) is 375 Å². The van der Waals surface area contributed by atoms with Crippen molar-refractivity contribution >= 4 is 0 Å². The SMILES string of the molecule is C1CCOC1.C1CCOC1.C1CCOC1.C1CCOC1.C1CCOC1.C1CCOC1.C1CCOC1.C1CCOC1.C1CCOC1.C1CCOC1.C1CCOC1.C1CCOC1.CC(C)(C)c1cc([C@@H](c2ccc([C@@H](c3cc(C(C)(C)C)cc(C(C)(C)C)c3[O-])c3cc(C(C)(C)C)cc(C(C)(C)C)c3O)cc2)c2cc(C(C)(C)C)cc(C(C)(C)C)c2O)c([O-])c(C(C)(C)C)c1.[Li+].[Li+]. The van der Waals surface area contributed by atoms with Gasteiger partial charge in [0.25, 0.3) is 0 Å². The summed E-state index contributed by atoms with van der Waals surface area (Å²) in [5, 5.41) is 55.9. The Balaban J connectivity index is 0.000000542. The molecule has 0 unspecified atom stereocenters. The summed E-state index contributed by atoms with van der Waals surface area (Å²) in [6.45, 7) is 75.5. The van der Waals surface area contributed by atoms with Crippen molar-refractivity contribution in [3.8, 4) is 23.0 Å². The largest absolute Gasteiger partial charge is 1.00 e. The molecule has 12 saturated heterocycles. The maximum Gasteiger partial charge on any atom is 1.00 e. The molecule has 2 atom stereocenters. The van der Waals surface area contributed by atoms with Crippen LogP contribution in [0.15, 0.2) is 72.8 Å². The van der Waals surface area contributed by atoms with E-state index in [4.69, 9.17) is 56.8 Å². The Morgan fingerprint density at radius 2 is 0.331 bits per heavy atom. The molecule has 0 aliphatic carbocycles. The van der Waals surface area contributed by atoms with Crippen molar-refractivity contribution in [3.05, 3.63) is 151 Å². The molecule has 0 radical (unpaired) electrons. The maximum atomic E-state index is 15.3. The van der Waals surface area contributed by atoms with Gasteiger partial charge in [-0.15, -0.1) is 11.5 Å². The Bertz CT molecular complexity index is 3110. The van der Waals surface area contributed by atoms with Gasteiger partial charge in [-0.25, -0.2) is 0 Å². The molecular formula is C112H184Li2O16. The van der Waals surface area contributed by atoms with Crippen LogP contribution in [0.1, 0.15) is 410 Å². The second-order valence-corrected chi connectivity index (χ2v) is 44.2. The molecule has 12 fully saturated rings. The van der Waals surface area contributed by atoms with Gasteiger partial charge in [-0.05, 0) is 264 Å². The third-order valence-electron chi connectivity index (χ3n) is 24.0. The third kappa shape index (κ3) is 46.0. The Hall–Kier alpha value is -3.99. The van der Waals surface area contributed by atoms with Crippen LogP contribution in [0.2, 0.25) is 0 Å². The van der Waals surface area contributed by atoms with E-state index in [1.807, 2.05) is 0 Å². The summed E-state index contributed by atoms with van der Waals surface area (Å²) in [6, 6.07) is 25.2. The predicted octanol–water partition coefficient (Wildman–Crippen LogP) is 19.6. The van der Waals surface area contributed by atoms with E-state index in [0.717, 1.165) is 214 Å². The average molecular weight is 1800 g/mol. The van der Waals surface area contributed by atoms with Crippen LogP contribution >= 0.6 is 0 Å². The molecule has 12 aliphatic heterocycles. The minimum atomic E-state index is -0.640. The van der Waals surface area contributed by atoms with Crippen molar-refractivity contribution in [1.82, 2.24) is 0 Å². The van der Waals surface area contributed by atoms with Crippen LogP contribution in [0.25, 0.3) is 0 Å². The fourth-order valence-electron chi connectivity index (χ4n) is 15.5. The number of aromatic hydroxyl groups is 2. The van der Waals surface area contributed by atoms with Crippen LogP contribution in [0, 0.1) is 0 Å². The molecule has 0 saturated carbocycles. The van der Waals surface area contributed by atoms with Gasteiger partial charge >= 0.3 is 37.7 Å². The number of phenolic OH excluding ortho intramolecular Hbond substituents is 2. The van der Waals surface area contributed by atoms with E-state index >= 15 is 10.2 Å². The fraction of sp³-hybridized carbons (Fsp3) is 0.732. The zero-order valence-corrected chi connectivity index (χ0v) is 87.6. The van der Waals surface area contributed by atoms with Gasteiger partial charge in [-0.1, -0.05) is 239 Å². The van der Waals surface area contributed by atoms with E-state index in [9.17, 15) is 10.2 Å². The molecule has 130 heavy (non-hydrogen) atoms. The molecular weight excluding hydrogens is 1620 g/mol. The molecule has 730 valence electrons. The molecule has 0 amide bonds. The van der Waals surface area contributed by atoms with Gasteiger partial charge in [0.05, 0.1) is 0 Å². The van der Waals surface area contributed by atoms with Crippen molar-refractivity contribution in [1.29, 1.82) is 0 Å². The van der Waals surface area contributed by atoms with Gasteiger partial charge in [0, 0.05) is 182 Å². The molecule has 17 rings (SSSR count). The summed E-state index contributed by atoms with van der Waals surface area (Å²) in [5.41, 5.74) is 8.98. The number of hydrogen-bond acceptors (Lipinski definition) is 16. The molecule has 16 nitrogen and oxygen atoms in total. The number of hydrogen-bond donors (Lipinski definition) is 2. The molecule has 12 aliphatic rings. The fourth-order valence-corrected chi connectivity index (χ4v) is 15.5. The molecule has 2 N–H and O–H groups in total. The molecule has 0 spiro atoms. The van der Waals surface area contributed by atoms with Crippen LogP contribution in [-0.2, 0) is 100 Å². The standard InChI is InChI=1S/C64H90O4.12C4H8O.2Li/c1-57(2,3)39-29-43(53(65)47(33-39)61(13,14)15)51(44-30-40(58(4,5)6)34-48(54(44)66)62(16,17)18)37-25-27-38(28-26-37)52(45-31-41(59(7,8)9)35-49(55(45)67)63(19,20)21)46-32-42(60(10,11)12)36-50(56(46)68)64(22,23)24;12*1-2-4-5-3-1;;/h25-36,51-52,65-68H,1-24H3;12*1-4H2;;/q;;;;;;;;;;;;;2*+1/p-2. The van der Waals surface area contributed by atoms with Gasteiger partial charge in [-0.3, -0.25) is 0 Å². The predicted molar refractivity (Wildman–Crippen MR) is 527 cm³/mol. The Morgan fingerprint density at radius 3 is 0.446 bits per heavy atom. The molecule has 18 heteroatoms. The van der Waals surface area contributed by atoms with Gasteiger partial charge in [-0.2, -0.15) is 0 Å². The molecule has 5 aromatic rings. The zero-order valence-electron chi connectivity index (χ0n) is 87.6. The first-order valence-electron chi connectivity index (χ1n) is 50.0.